The first-order chi connectivity index (χ1) is 13.6. The number of likely N-dealkylation sites (tertiary alicyclic amines) is 1. The Bertz CT molecular complexity index is 692. The number of carbonyl (C=O) groups is 2. The quantitative estimate of drug-likeness (QED) is 0.420. The second-order valence-corrected chi connectivity index (χ2v) is 6.78. The highest BCUT2D eigenvalue weighted by Gasteiger charge is 2.26. The van der Waals surface area contributed by atoms with Crippen molar-refractivity contribution < 1.29 is 23.8 Å². The summed E-state index contributed by atoms with van der Waals surface area (Å²) in [7, 11) is 1.60. The minimum absolute atomic E-state index is 0. The topological polar surface area (TPSA) is 65.1 Å². The molecule has 0 amide bonds. The number of hydrogen-bond donors (Lipinski definition) is 0. The SMILES string of the molecule is CCOC(=O)C1CCCN(CCC(=O)/C=C/c2ccc(OC)c(OCC)c2)C1.Cl. The lowest BCUT2D eigenvalue weighted by molar-refractivity contribution is -0.149. The molecule has 1 heterocycles. The highest BCUT2D eigenvalue weighted by atomic mass is 35.5. The summed E-state index contributed by atoms with van der Waals surface area (Å²) in [4.78, 5) is 26.3. The third kappa shape index (κ3) is 8.07. The number of ether oxygens (including phenoxy) is 3. The number of rotatable bonds is 10. The largest absolute Gasteiger partial charge is 0.493 e. The van der Waals surface area contributed by atoms with Crippen LogP contribution < -0.4 is 9.47 Å². The van der Waals surface area contributed by atoms with Crippen molar-refractivity contribution in [2.24, 2.45) is 5.92 Å². The van der Waals surface area contributed by atoms with E-state index in [4.69, 9.17) is 14.2 Å². The molecule has 7 heteroatoms. The molecule has 0 saturated carbocycles. The number of piperidine rings is 1. The predicted octanol–water partition coefficient (Wildman–Crippen LogP) is 3.76. The van der Waals surface area contributed by atoms with Gasteiger partial charge in [-0.1, -0.05) is 12.1 Å². The van der Waals surface area contributed by atoms with Gasteiger partial charge in [-0.2, -0.15) is 0 Å². The summed E-state index contributed by atoms with van der Waals surface area (Å²) in [5.74, 6) is 1.20. The Labute approximate surface area is 179 Å². The number of methoxy groups -OCH3 is 1. The van der Waals surface area contributed by atoms with Gasteiger partial charge in [0.2, 0.25) is 0 Å². The third-order valence-electron chi connectivity index (χ3n) is 4.75. The molecule has 1 aliphatic rings. The summed E-state index contributed by atoms with van der Waals surface area (Å²) in [5, 5.41) is 0. The molecule has 1 fully saturated rings. The number of ketones is 1. The van der Waals surface area contributed by atoms with Crippen LogP contribution in [0.1, 0.15) is 38.7 Å². The molecule has 6 nitrogen and oxygen atoms in total. The van der Waals surface area contributed by atoms with E-state index in [1.807, 2.05) is 32.0 Å². The zero-order valence-electron chi connectivity index (χ0n) is 17.5. The van der Waals surface area contributed by atoms with Crippen molar-refractivity contribution in [2.45, 2.75) is 33.1 Å². The van der Waals surface area contributed by atoms with Crippen LogP contribution in [0.15, 0.2) is 24.3 Å². The average molecular weight is 426 g/mol. The van der Waals surface area contributed by atoms with E-state index in [0.717, 1.165) is 24.9 Å². The van der Waals surface area contributed by atoms with Crippen molar-refractivity contribution in [1.82, 2.24) is 4.90 Å². The molecular formula is C22H32ClNO5. The summed E-state index contributed by atoms with van der Waals surface area (Å²) in [6.45, 7) is 6.95. The molecule has 29 heavy (non-hydrogen) atoms. The minimum Gasteiger partial charge on any atom is -0.493 e. The van der Waals surface area contributed by atoms with Crippen LogP contribution in [0.5, 0.6) is 11.5 Å². The highest BCUT2D eigenvalue weighted by molar-refractivity contribution is 5.93. The van der Waals surface area contributed by atoms with E-state index in [0.29, 0.717) is 44.2 Å². The van der Waals surface area contributed by atoms with Gasteiger partial charge in [-0.15, -0.1) is 12.4 Å². The normalized spacial score (nSPS) is 16.9. The van der Waals surface area contributed by atoms with Gasteiger partial charge in [-0.25, -0.2) is 0 Å². The van der Waals surface area contributed by atoms with Gasteiger partial charge in [0.25, 0.3) is 0 Å². The van der Waals surface area contributed by atoms with Crippen LogP contribution >= 0.6 is 12.4 Å². The van der Waals surface area contributed by atoms with Gasteiger partial charge in [0.05, 0.1) is 26.2 Å². The Hall–Kier alpha value is -2.05. The molecule has 0 radical (unpaired) electrons. The van der Waals surface area contributed by atoms with Gasteiger partial charge in [0, 0.05) is 19.5 Å². The second-order valence-electron chi connectivity index (χ2n) is 6.78. The Morgan fingerprint density at radius 1 is 1.21 bits per heavy atom. The maximum absolute atomic E-state index is 12.2. The number of halogens is 1. The molecule has 0 aromatic heterocycles. The van der Waals surface area contributed by atoms with Gasteiger partial charge in [0.1, 0.15) is 0 Å². The van der Waals surface area contributed by atoms with Crippen LogP contribution in [0.4, 0.5) is 0 Å². The summed E-state index contributed by atoms with van der Waals surface area (Å²) < 4.78 is 16.0. The molecule has 1 atom stereocenters. The molecule has 0 N–H and O–H groups in total. The molecule has 1 saturated heterocycles. The van der Waals surface area contributed by atoms with Crippen molar-refractivity contribution in [2.75, 3.05) is 40.0 Å². The number of carbonyl (C=O) groups excluding carboxylic acids is 2. The lowest BCUT2D eigenvalue weighted by Crippen LogP contribution is -2.40. The van der Waals surface area contributed by atoms with Crippen molar-refractivity contribution in [3.05, 3.63) is 29.8 Å². The van der Waals surface area contributed by atoms with Crippen molar-refractivity contribution in [1.29, 1.82) is 0 Å². The van der Waals surface area contributed by atoms with E-state index < -0.39 is 0 Å². The van der Waals surface area contributed by atoms with Crippen LogP contribution in [0, 0.1) is 5.92 Å². The second kappa shape index (κ2) is 13.2. The Morgan fingerprint density at radius 2 is 2.00 bits per heavy atom. The molecule has 0 aliphatic carbocycles. The Morgan fingerprint density at radius 3 is 2.69 bits per heavy atom. The molecule has 1 aromatic rings. The van der Waals surface area contributed by atoms with E-state index in [1.54, 1.807) is 19.3 Å². The van der Waals surface area contributed by atoms with Crippen LogP contribution in [-0.2, 0) is 14.3 Å². The number of nitrogens with zero attached hydrogens (tertiary/aromatic N) is 1. The summed E-state index contributed by atoms with van der Waals surface area (Å²) in [6, 6.07) is 5.58. The molecule has 2 rings (SSSR count). The van der Waals surface area contributed by atoms with Crippen LogP contribution in [0.25, 0.3) is 6.08 Å². The van der Waals surface area contributed by atoms with Crippen LogP contribution in [-0.4, -0.2) is 56.6 Å². The van der Waals surface area contributed by atoms with Crippen molar-refractivity contribution in [3.63, 3.8) is 0 Å². The third-order valence-corrected chi connectivity index (χ3v) is 4.75. The first-order valence-corrected chi connectivity index (χ1v) is 9.98. The fraction of sp³-hybridized carbons (Fsp3) is 0.545. The van der Waals surface area contributed by atoms with E-state index in [-0.39, 0.29) is 30.1 Å². The number of allylic oxidation sites excluding steroid dienone is 1. The average Bonchev–Trinajstić information content (AvgIpc) is 2.71. The lowest BCUT2D eigenvalue weighted by Gasteiger charge is -2.31. The monoisotopic (exact) mass is 425 g/mol. The van der Waals surface area contributed by atoms with Crippen molar-refractivity contribution >= 4 is 30.2 Å². The summed E-state index contributed by atoms with van der Waals surface area (Å²) in [6.07, 6.45) is 5.65. The lowest BCUT2D eigenvalue weighted by atomic mass is 9.98. The summed E-state index contributed by atoms with van der Waals surface area (Å²) in [5.41, 5.74) is 0.887. The maximum Gasteiger partial charge on any atom is 0.310 e. The van der Waals surface area contributed by atoms with Crippen LogP contribution in [0.2, 0.25) is 0 Å². The highest BCUT2D eigenvalue weighted by Crippen LogP contribution is 2.28. The molecule has 1 unspecified atom stereocenters. The standard InChI is InChI=1S/C22H31NO5.ClH/c1-4-27-21-15-17(9-11-20(21)26-3)8-10-19(24)12-14-23-13-6-7-18(16-23)22(25)28-5-2;/h8-11,15,18H,4-7,12-14,16H2,1-3H3;1H/b10-8+;. The van der Waals surface area contributed by atoms with Gasteiger partial charge in [-0.3, -0.25) is 9.59 Å². The van der Waals surface area contributed by atoms with E-state index in [2.05, 4.69) is 4.90 Å². The molecule has 162 valence electrons. The van der Waals surface area contributed by atoms with E-state index >= 15 is 0 Å². The van der Waals surface area contributed by atoms with Crippen LogP contribution in [0.3, 0.4) is 0 Å². The zero-order chi connectivity index (χ0) is 20.4. The first kappa shape index (κ1) is 25.0. The number of hydrogen-bond acceptors (Lipinski definition) is 6. The zero-order valence-corrected chi connectivity index (χ0v) is 18.3. The first-order valence-electron chi connectivity index (χ1n) is 9.98. The van der Waals surface area contributed by atoms with E-state index in [9.17, 15) is 9.59 Å². The molecule has 1 aromatic carbocycles. The fourth-order valence-electron chi connectivity index (χ4n) is 3.32. The Kier molecular flexibility index (Phi) is 11.4. The van der Waals surface area contributed by atoms with Gasteiger partial charge in [-0.05, 0) is 57.0 Å². The predicted molar refractivity (Wildman–Crippen MR) is 116 cm³/mol. The smallest absolute Gasteiger partial charge is 0.310 e. The minimum atomic E-state index is -0.122. The maximum atomic E-state index is 12.2. The summed E-state index contributed by atoms with van der Waals surface area (Å²) >= 11 is 0. The molecule has 1 aliphatic heterocycles. The molecule has 0 spiro atoms. The van der Waals surface area contributed by atoms with E-state index in [1.165, 1.54) is 0 Å². The van der Waals surface area contributed by atoms with Crippen molar-refractivity contribution in [3.8, 4) is 11.5 Å². The molecule has 0 bridgehead atoms. The number of esters is 1. The molecular weight excluding hydrogens is 394 g/mol. The van der Waals surface area contributed by atoms with Gasteiger partial charge >= 0.3 is 5.97 Å². The van der Waals surface area contributed by atoms with Gasteiger partial charge in [0.15, 0.2) is 17.3 Å². The van der Waals surface area contributed by atoms with Gasteiger partial charge < -0.3 is 19.1 Å². The Balaban J connectivity index is 0.00000420. The fourth-order valence-corrected chi connectivity index (χ4v) is 3.32. The number of benzene rings is 1.